The molecule has 0 spiro atoms. The van der Waals surface area contributed by atoms with Crippen molar-refractivity contribution in [2.75, 3.05) is 11.5 Å². The molecule has 13 heteroatoms. The fraction of sp³-hybridized carbons (Fsp3) is 0.643. The Morgan fingerprint density at radius 2 is 2.07 bits per heavy atom. The molecule has 0 radical (unpaired) electrons. The molecule has 3 rings (SSSR count). The number of halogens is 1. The van der Waals surface area contributed by atoms with E-state index in [2.05, 4.69) is 15.5 Å². The number of tetrazole rings is 1. The molecule has 3 heterocycles. The second-order valence-corrected chi connectivity index (χ2v) is 10.6. The Morgan fingerprint density at radius 3 is 2.63 bits per heavy atom. The predicted molar refractivity (Wildman–Crippen MR) is 96.5 cm³/mol. The molecule has 0 saturated carbocycles. The Labute approximate surface area is 165 Å². The average Bonchev–Trinajstić information content (AvgIpc) is 2.94. The van der Waals surface area contributed by atoms with Crippen LogP contribution in [0.4, 0.5) is 0 Å². The van der Waals surface area contributed by atoms with E-state index >= 15 is 0 Å². The normalized spacial score (nSPS) is 24.5. The molecular formula is C14H18ClN5O5S2. The maximum atomic E-state index is 12.7. The lowest BCUT2D eigenvalue weighted by molar-refractivity contribution is -0.157. The van der Waals surface area contributed by atoms with E-state index < -0.39 is 43.8 Å². The van der Waals surface area contributed by atoms with E-state index in [9.17, 15) is 18.0 Å². The summed E-state index contributed by atoms with van der Waals surface area (Å²) in [6.07, 6.45) is 0. The monoisotopic (exact) mass is 435 g/mol. The number of β-lactam (4-membered cyclic amide) rings is 1. The van der Waals surface area contributed by atoms with E-state index in [1.807, 2.05) is 0 Å². The Balaban J connectivity index is 2.00. The highest BCUT2D eigenvalue weighted by Crippen LogP contribution is 2.41. The topological polar surface area (TPSA) is 124 Å². The van der Waals surface area contributed by atoms with Crippen LogP contribution in [0.3, 0.4) is 0 Å². The first kappa shape index (κ1) is 20.1. The Bertz CT molecular complexity index is 936. The number of aryl methyl sites for hydroxylation is 1. The number of sulfone groups is 1. The number of hydrogen-bond acceptors (Lipinski definition) is 9. The summed E-state index contributed by atoms with van der Waals surface area (Å²) in [6.45, 7) is 5.05. The second kappa shape index (κ2) is 6.74. The minimum atomic E-state index is -3.73. The third kappa shape index (κ3) is 3.69. The zero-order chi connectivity index (χ0) is 20.1. The summed E-state index contributed by atoms with van der Waals surface area (Å²) < 4.78 is 32.0. The molecule has 10 nitrogen and oxygen atoms in total. The lowest BCUT2D eigenvalue weighted by Crippen LogP contribution is -2.68. The predicted octanol–water partition coefficient (Wildman–Crippen LogP) is 0.102. The minimum absolute atomic E-state index is 0.0609. The lowest BCUT2D eigenvalue weighted by Gasteiger charge is -2.47. The van der Waals surface area contributed by atoms with Crippen molar-refractivity contribution in [1.82, 2.24) is 25.1 Å². The smallest absolute Gasteiger partial charge is 0.355 e. The molecular weight excluding hydrogens is 418 g/mol. The van der Waals surface area contributed by atoms with Gasteiger partial charge in [0.2, 0.25) is 11.1 Å². The number of amides is 1. The first-order valence-corrected chi connectivity index (χ1v) is 11.1. The van der Waals surface area contributed by atoms with Gasteiger partial charge in [0, 0.05) is 12.8 Å². The van der Waals surface area contributed by atoms with Crippen molar-refractivity contribution in [2.45, 2.75) is 42.3 Å². The van der Waals surface area contributed by atoms with Crippen molar-refractivity contribution in [1.29, 1.82) is 0 Å². The summed E-state index contributed by atoms with van der Waals surface area (Å²) in [7, 11) is -2.10. The number of nitrogens with zero attached hydrogens (tertiary/aromatic N) is 5. The van der Waals surface area contributed by atoms with E-state index in [4.69, 9.17) is 16.3 Å². The molecule has 2 aliphatic rings. The van der Waals surface area contributed by atoms with Gasteiger partial charge in [0.05, 0.1) is 5.75 Å². The molecule has 0 aromatic carbocycles. The van der Waals surface area contributed by atoms with Crippen LogP contribution in [0.2, 0.25) is 0 Å². The van der Waals surface area contributed by atoms with Gasteiger partial charge in [-0.25, -0.2) is 17.9 Å². The fourth-order valence-electron chi connectivity index (χ4n) is 2.75. The SMILES string of the molecule is Cn1nnnc1SCC1=C(C(=O)OC(C)(C)C)N2C(=O)[C@H](Cl)[C@H]2S(=O)(=O)C1. The Morgan fingerprint density at radius 1 is 1.41 bits per heavy atom. The van der Waals surface area contributed by atoms with E-state index in [1.165, 1.54) is 4.68 Å². The summed E-state index contributed by atoms with van der Waals surface area (Å²) >= 11 is 7.06. The van der Waals surface area contributed by atoms with Crippen molar-refractivity contribution in [3.8, 4) is 0 Å². The largest absolute Gasteiger partial charge is 0.455 e. The van der Waals surface area contributed by atoms with Gasteiger partial charge in [-0.05, 0) is 36.8 Å². The number of carbonyl (C=O) groups excluding carboxylic acids is 2. The number of alkyl halides is 1. The molecule has 1 fully saturated rings. The molecule has 0 aliphatic carbocycles. The number of rotatable bonds is 4. The zero-order valence-electron chi connectivity index (χ0n) is 15.0. The molecule has 2 aliphatic heterocycles. The highest BCUT2D eigenvalue weighted by Gasteiger charge is 2.59. The van der Waals surface area contributed by atoms with E-state index in [1.54, 1.807) is 27.8 Å². The first-order chi connectivity index (χ1) is 12.4. The minimum Gasteiger partial charge on any atom is -0.455 e. The quantitative estimate of drug-likeness (QED) is 0.280. The molecule has 2 atom stereocenters. The maximum absolute atomic E-state index is 12.7. The summed E-state index contributed by atoms with van der Waals surface area (Å²) in [6, 6.07) is 0. The van der Waals surface area contributed by atoms with Crippen LogP contribution < -0.4 is 0 Å². The van der Waals surface area contributed by atoms with Crippen LogP contribution in [0.5, 0.6) is 0 Å². The van der Waals surface area contributed by atoms with Gasteiger partial charge >= 0.3 is 5.97 Å². The summed E-state index contributed by atoms with van der Waals surface area (Å²) in [5, 5.41) is 9.01. The second-order valence-electron chi connectivity index (χ2n) is 7.14. The zero-order valence-corrected chi connectivity index (χ0v) is 17.4. The van der Waals surface area contributed by atoms with Crippen molar-refractivity contribution >= 4 is 45.1 Å². The Kier molecular flexibility index (Phi) is 5.02. The third-order valence-electron chi connectivity index (χ3n) is 3.85. The molecule has 0 bridgehead atoms. The number of fused-ring (bicyclic) bond motifs is 1. The highest BCUT2D eigenvalue weighted by molar-refractivity contribution is 7.99. The van der Waals surface area contributed by atoms with Crippen LogP contribution >= 0.6 is 23.4 Å². The van der Waals surface area contributed by atoms with Gasteiger partial charge in [-0.1, -0.05) is 11.8 Å². The van der Waals surface area contributed by atoms with Gasteiger partial charge in [0.25, 0.3) is 0 Å². The number of thioether (sulfide) groups is 1. The number of esters is 1. The van der Waals surface area contributed by atoms with Crippen molar-refractivity contribution in [3.63, 3.8) is 0 Å². The first-order valence-electron chi connectivity index (χ1n) is 7.91. The number of ether oxygens (including phenoxy) is 1. The maximum Gasteiger partial charge on any atom is 0.355 e. The number of aromatic nitrogens is 4. The molecule has 0 unspecified atom stereocenters. The number of hydrogen-bond donors (Lipinski definition) is 0. The van der Waals surface area contributed by atoms with Crippen molar-refractivity contribution in [2.24, 2.45) is 7.05 Å². The van der Waals surface area contributed by atoms with E-state index in [0.29, 0.717) is 5.16 Å². The third-order valence-corrected chi connectivity index (χ3v) is 7.49. The van der Waals surface area contributed by atoms with Crippen molar-refractivity contribution in [3.05, 3.63) is 11.3 Å². The Hall–Kier alpha value is -1.66. The molecule has 1 amide bonds. The van der Waals surface area contributed by atoms with Crippen LogP contribution in [-0.4, -0.2) is 73.3 Å². The number of carbonyl (C=O) groups is 2. The van der Waals surface area contributed by atoms with Gasteiger partial charge in [0.1, 0.15) is 16.7 Å². The van der Waals surface area contributed by atoms with Gasteiger partial charge in [-0.15, -0.1) is 16.7 Å². The van der Waals surface area contributed by atoms with E-state index in [-0.39, 0.29) is 17.0 Å². The van der Waals surface area contributed by atoms with Crippen LogP contribution in [0.25, 0.3) is 0 Å². The van der Waals surface area contributed by atoms with Crippen LogP contribution in [-0.2, 0) is 31.2 Å². The molecule has 1 aromatic heterocycles. The van der Waals surface area contributed by atoms with Crippen LogP contribution in [0.15, 0.2) is 16.4 Å². The van der Waals surface area contributed by atoms with Gasteiger partial charge in [0.15, 0.2) is 15.2 Å². The van der Waals surface area contributed by atoms with Crippen LogP contribution in [0, 0.1) is 0 Å². The highest BCUT2D eigenvalue weighted by atomic mass is 35.5. The fourth-order valence-corrected chi connectivity index (χ4v) is 6.33. The van der Waals surface area contributed by atoms with Crippen molar-refractivity contribution < 1.29 is 22.7 Å². The van der Waals surface area contributed by atoms with E-state index in [0.717, 1.165) is 16.7 Å². The summed E-state index contributed by atoms with van der Waals surface area (Å²) in [5.41, 5.74) is -0.615. The van der Waals surface area contributed by atoms with Crippen LogP contribution in [0.1, 0.15) is 20.8 Å². The van der Waals surface area contributed by atoms with Gasteiger partial charge in [-0.2, -0.15) is 0 Å². The summed E-state index contributed by atoms with van der Waals surface area (Å²) in [5.74, 6) is -1.68. The summed E-state index contributed by atoms with van der Waals surface area (Å²) in [4.78, 5) is 25.9. The van der Waals surface area contributed by atoms with Gasteiger partial charge in [-0.3, -0.25) is 9.69 Å². The lowest BCUT2D eigenvalue weighted by atomic mass is 10.1. The molecule has 148 valence electrons. The molecule has 1 saturated heterocycles. The standard InChI is InChI=1S/C14H18ClN5O5S2/c1-14(2,3)25-12(22)9-7(5-26-13-16-17-18-19(13)4)6-27(23,24)11-8(15)10(21)20(9)11/h8,11H,5-6H2,1-4H3/t8-,11+/m0/s1. The molecule has 1 aromatic rings. The molecule has 27 heavy (non-hydrogen) atoms. The average molecular weight is 436 g/mol. The molecule has 0 N–H and O–H groups in total. The van der Waals surface area contributed by atoms with Gasteiger partial charge < -0.3 is 4.74 Å².